The fourth-order valence-corrected chi connectivity index (χ4v) is 2.49. The summed E-state index contributed by atoms with van der Waals surface area (Å²) >= 11 is 5.90. The quantitative estimate of drug-likeness (QED) is 0.858. The minimum Gasteiger partial charge on any atom is -0.345 e. The van der Waals surface area contributed by atoms with Gasteiger partial charge in [0.15, 0.2) is 0 Å². The Morgan fingerprint density at radius 2 is 2.19 bits per heavy atom. The monoisotopic (exact) mass is 305 g/mol. The summed E-state index contributed by atoms with van der Waals surface area (Å²) in [5.74, 6) is -0.0723. The molecule has 0 saturated heterocycles. The Morgan fingerprint density at radius 3 is 2.86 bits per heavy atom. The van der Waals surface area contributed by atoms with Gasteiger partial charge in [0, 0.05) is 29.1 Å². The van der Waals surface area contributed by atoms with Crippen LogP contribution in [0.2, 0.25) is 5.02 Å². The van der Waals surface area contributed by atoms with E-state index in [0.29, 0.717) is 16.8 Å². The Balaban J connectivity index is 1.97. The first-order valence-corrected chi connectivity index (χ1v) is 7.38. The molecule has 1 amide bonds. The Labute approximate surface area is 130 Å². The summed E-state index contributed by atoms with van der Waals surface area (Å²) in [6.45, 7) is 2.41. The van der Waals surface area contributed by atoms with Gasteiger partial charge in [0.05, 0.1) is 0 Å². The Kier molecular flexibility index (Phi) is 5.42. The van der Waals surface area contributed by atoms with Crippen molar-refractivity contribution in [2.75, 3.05) is 12.4 Å². The number of aromatic nitrogens is 1. The molecular weight excluding hydrogens is 286 g/mol. The highest BCUT2D eigenvalue weighted by atomic mass is 35.5. The van der Waals surface area contributed by atoms with Gasteiger partial charge in [0.1, 0.15) is 6.54 Å². The smallest absolute Gasteiger partial charge is 0.244 e. The third kappa shape index (κ3) is 4.34. The van der Waals surface area contributed by atoms with E-state index in [1.165, 1.54) is 5.56 Å². The number of anilines is 1. The Bertz CT molecular complexity index is 605. The lowest BCUT2D eigenvalue weighted by Gasteiger charge is -2.11. The van der Waals surface area contributed by atoms with E-state index in [-0.39, 0.29) is 12.5 Å². The lowest BCUT2D eigenvalue weighted by atomic mass is 10.1. The molecule has 0 spiro atoms. The van der Waals surface area contributed by atoms with Crippen molar-refractivity contribution >= 4 is 23.2 Å². The summed E-state index contributed by atoms with van der Waals surface area (Å²) in [5.41, 5.74) is 1.90. The molecular formula is C16H20ClN3O. The second kappa shape index (κ2) is 7.29. The zero-order valence-corrected chi connectivity index (χ0v) is 13.0. The zero-order chi connectivity index (χ0) is 15.2. The fourth-order valence-electron chi connectivity index (χ4n) is 2.30. The molecule has 1 aromatic carbocycles. The number of nitrogens with one attached hydrogen (secondary N) is 2. The molecule has 0 aliphatic rings. The first-order valence-electron chi connectivity index (χ1n) is 7.00. The van der Waals surface area contributed by atoms with Crippen LogP contribution in [0.1, 0.15) is 24.9 Å². The summed E-state index contributed by atoms with van der Waals surface area (Å²) in [6, 6.07) is 9.50. The largest absolute Gasteiger partial charge is 0.345 e. The van der Waals surface area contributed by atoms with Crippen LogP contribution in [0.5, 0.6) is 0 Å². The molecule has 1 aromatic heterocycles. The molecule has 1 atom stereocenters. The minimum atomic E-state index is -0.0723. The van der Waals surface area contributed by atoms with Crippen molar-refractivity contribution in [2.24, 2.45) is 0 Å². The van der Waals surface area contributed by atoms with E-state index in [1.807, 2.05) is 42.2 Å². The van der Waals surface area contributed by atoms with Crippen molar-refractivity contribution in [1.82, 2.24) is 9.88 Å². The van der Waals surface area contributed by atoms with E-state index in [1.54, 1.807) is 12.1 Å². The average molecular weight is 306 g/mol. The van der Waals surface area contributed by atoms with Crippen LogP contribution in [0.4, 0.5) is 5.69 Å². The molecule has 21 heavy (non-hydrogen) atoms. The van der Waals surface area contributed by atoms with Crippen molar-refractivity contribution in [3.63, 3.8) is 0 Å². The number of nitrogens with zero attached hydrogens (tertiary/aromatic N) is 1. The van der Waals surface area contributed by atoms with Gasteiger partial charge >= 0.3 is 0 Å². The van der Waals surface area contributed by atoms with Crippen LogP contribution in [0.15, 0.2) is 42.7 Å². The lowest BCUT2D eigenvalue weighted by Crippen LogP contribution is -2.18. The summed E-state index contributed by atoms with van der Waals surface area (Å²) in [4.78, 5) is 12.0. The van der Waals surface area contributed by atoms with Gasteiger partial charge in [-0.05, 0) is 43.3 Å². The van der Waals surface area contributed by atoms with E-state index in [0.717, 1.165) is 6.42 Å². The van der Waals surface area contributed by atoms with Gasteiger partial charge < -0.3 is 15.2 Å². The number of hydrogen-bond acceptors (Lipinski definition) is 2. The van der Waals surface area contributed by atoms with E-state index < -0.39 is 0 Å². The van der Waals surface area contributed by atoms with Gasteiger partial charge in [-0.2, -0.15) is 0 Å². The molecule has 0 saturated carbocycles. The standard InChI is InChI=1S/C16H20ClN3O/c1-3-15(18-2)12-7-8-20(10-12)11-16(21)19-14-6-4-5-13(17)9-14/h4-10,15,18H,3,11H2,1-2H3,(H,19,21). The first kappa shape index (κ1) is 15.6. The van der Waals surface area contributed by atoms with Crippen molar-refractivity contribution in [3.05, 3.63) is 53.3 Å². The van der Waals surface area contributed by atoms with Crippen molar-refractivity contribution < 1.29 is 4.79 Å². The summed E-state index contributed by atoms with van der Waals surface area (Å²) in [6.07, 6.45) is 4.93. The molecule has 112 valence electrons. The van der Waals surface area contributed by atoms with Gasteiger partial charge in [-0.1, -0.05) is 24.6 Å². The van der Waals surface area contributed by atoms with E-state index in [2.05, 4.69) is 17.6 Å². The minimum absolute atomic E-state index is 0.0723. The van der Waals surface area contributed by atoms with Crippen LogP contribution < -0.4 is 10.6 Å². The molecule has 2 N–H and O–H groups in total. The number of benzene rings is 1. The second-order valence-corrected chi connectivity index (χ2v) is 5.36. The number of hydrogen-bond donors (Lipinski definition) is 2. The van der Waals surface area contributed by atoms with Crippen LogP contribution in [0, 0.1) is 0 Å². The average Bonchev–Trinajstić information content (AvgIpc) is 2.88. The van der Waals surface area contributed by atoms with Crippen molar-refractivity contribution in [3.8, 4) is 0 Å². The van der Waals surface area contributed by atoms with Crippen LogP contribution in [-0.2, 0) is 11.3 Å². The van der Waals surface area contributed by atoms with Gasteiger partial charge in [-0.25, -0.2) is 0 Å². The predicted molar refractivity (Wildman–Crippen MR) is 86.6 cm³/mol. The van der Waals surface area contributed by atoms with Crippen LogP contribution in [0.3, 0.4) is 0 Å². The predicted octanol–water partition coefficient (Wildman–Crippen LogP) is 3.45. The van der Waals surface area contributed by atoms with Crippen molar-refractivity contribution in [1.29, 1.82) is 0 Å². The fraction of sp³-hybridized carbons (Fsp3) is 0.312. The molecule has 0 fully saturated rings. The highest BCUT2D eigenvalue weighted by molar-refractivity contribution is 6.30. The number of amides is 1. The molecule has 0 aliphatic heterocycles. The number of carbonyl (C=O) groups is 1. The first-order chi connectivity index (χ1) is 10.1. The number of carbonyl (C=O) groups excluding carboxylic acids is 1. The molecule has 1 unspecified atom stereocenters. The zero-order valence-electron chi connectivity index (χ0n) is 12.3. The summed E-state index contributed by atoms with van der Waals surface area (Å²) < 4.78 is 1.88. The van der Waals surface area contributed by atoms with Gasteiger partial charge in [-0.3, -0.25) is 4.79 Å². The third-order valence-electron chi connectivity index (χ3n) is 3.37. The van der Waals surface area contributed by atoms with E-state index in [4.69, 9.17) is 11.6 Å². The van der Waals surface area contributed by atoms with Gasteiger partial charge in [0.2, 0.25) is 5.91 Å². The maximum Gasteiger partial charge on any atom is 0.244 e. The highest BCUT2D eigenvalue weighted by Crippen LogP contribution is 2.17. The van der Waals surface area contributed by atoms with Gasteiger partial charge in [0.25, 0.3) is 0 Å². The molecule has 0 radical (unpaired) electrons. The van der Waals surface area contributed by atoms with Crippen molar-refractivity contribution in [2.45, 2.75) is 25.9 Å². The summed E-state index contributed by atoms with van der Waals surface area (Å²) in [7, 11) is 1.94. The second-order valence-electron chi connectivity index (χ2n) is 4.93. The molecule has 2 rings (SSSR count). The topological polar surface area (TPSA) is 46.1 Å². The maximum absolute atomic E-state index is 12.0. The normalized spacial score (nSPS) is 12.1. The Hall–Kier alpha value is -1.78. The maximum atomic E-state index is 12.0. The van der Waals surface area contributed by atoms with Crippen LogP contribution in [0.25, 0.3) is 0 Å². The van der Waals surface area contributed by atoms with Gasteiger partial charge in [-0.15, -0.1) is 0 Å². The highest BCUT2D eigenvalue weighted by Gasteiger charge is 2.09. The van der Waals surface area contributed by atoms with E-state index >= 15 is 0 Å². The third-order valence-corrected chi connectivity index (χ3v) is 3.60. The molecule has 1 heterocycles. The Morgan fingerprint density at radius 1 is 1.38 bits per heavy atom. The van der Waals surface area contributed by atoms with Crippen LogP contribution in [-0.4, -0.2) is 17.5 Å². The van der Waals surface area contributed by atoms with E-state index in [9.17, 15) is 4.79 Å². The SMILES string of the molecule is CCC(NC)c1ccn(CC(=O)Nc2cccc(Cl)c2)c1. The summed E-state index contributed by atoms with van der Waals surface area (Å²) in [5, 5.41) is 6.70. The molecule has 0 bridgehead atoms. The molecule has 5 heteroatoms. The van der Waals surface area contributed by atoms with Crippen LogP contribution >= 0.6 is 11.6 Å². The number of rotatable bonds is 6. The molecule has 4 nitrogen and oxygen atoms in total. The number of halogens is 1. The lowest BCUT2D eigenvalue weighted by molar-refractivity contribution is -0.116. The molecule has 0 aliphatic carbocycles. The molecule has 2 aromatic rings.